The maximum atomic E-state index is 13.7. The van der Waals surface area contributed by atoms with Gasteiger partial charge in [0.05, 0.1) is 0 Å². The summed E-state index contributed by atoms with van der Waals surface area (Å²) in [4.78, 5) is 28.8. The van der Waals surface area contributed by atoms with Crippen LogP contribution in [0.1, 0.15) is 37.5 Å². The first kappa shape index (κ1) is 27.6. The van der Waals surface area contributed by atoms with Crippen molar-refractivity contribution in [3.63, 3.8) is 0 Å². The van der Waals surface area contributed by atoms with Gasteiger partial charge in [-0.15, -0.1) is 0 Å². The normalized spacial score (nSPS) is 12.1. The average Bonchev–Trinajstić information content (AvgIpc) is 2.82. The van der Waals surface area contributed by atoms with Gasteiger partial charge in [-0.05, 0) is 57.0 Å². The quantitative estimate of drug-likeness (QED) is 0.359. The molecule has 3 rings (SSSR count). The van der Waals surface area contributed by atoms with Crippen LogP contribution >= 0.6 is 23.2 Å². The van der Waals surface area contributed by atoms with Gasteiger partial charge in [0.1, 0.15) is 11.8 Å². The van der Waals surface area contributed by atoms with E-state index in [1.165, 1.54) is 4.90 Å². The molecule has 0 spiro atoms. The standard InChI is InChI=1S/C29H32Cl2N2O3/c1-20-11-8-9-16-26(20)36-19-27(34)33(18-22-23(30)14-10-15-24(22)31)25(28(35)32-29(2,3)4)17-21-12-6-5-7-13-21/h5-16,25H,17-19H2,1-4H3,(H,32,35). The Balaban J connectivity index is 1.99. The summed E-state index contributed by atoms with van der Waals surface area (Å²) in [5.74, 6) is -0.00155. The molecule has 0 aliphatic rings. The summed E-state index contributed by atoms with van der Waals surface area (Å²) in [7, 11) is 0. The van der Waals surface area contributed by atoms with E-state index >= 15 is 0 Å². The van der Waals surface area contributed by atoms with Gasteiger partial charge in [0.2, 0.25) is 5.91 Å². The minimum absolute atomic E-state index is 0.0591. The Morgan fingerprint density at radius 3 is 2.14 bits per heavy atom. The third-order valence-corrected chi connectivity index (χ3v) is 6.31. The molecule has 0 saturated heterocycles. The molecule has 0 aromatic heterocycles. The molecule has 0 aliphatic heterocycles. The van der Waals surface area contributed by atoms with Crippen molar-refractivity contribution < 1.29 is 14.3 Å². The number of ether oxygens (including phenoxy) is 1. The molecule has 0 aliphatic carbocycles. The third kappa shape index (κ3) is 7.74. The predicted octanol–water partition coefficient (Wildman–Crippen LogP) is 6.24. The number of halogens is 2. The Morgan fingerprint density at radius 2 is 1.53 bits per heavy atom. The summed E-state index contributed by atoms with van der Waals surface area (Å²) < 4.78 is 5.87. The van der Waals surface area contributed by atoms with Crippen molar-refractivity contribution >= 4 is 35.0 Å². The minimum atomic E-state index is -0.813. The van der Waals surface area contributed by atoms with Crippen LogP contribution in [0.2, 0.25) is 10.0 Å². The summed E-state index contributed by atoms with van der Waals surface area (Å²) in [6, 6.07) is 21.5. The monoisotopic (exact) mass is 526 g/mol. The molecule has 0 heterocycles. The van der Waals surface area contributed by atoms with E-state index < -0.39 is 11.6 Å². The van der Waals surface area contributed by atoms with Crippen LogP contribution in [0.4, 0.5) is 0 Å². The summed E-state index contributed by atoms with van der Waals surface area (Å²) in [5, 5.41) is 3.88. The van der Waals surface area contributed by atoms with Gasteiger partial charge in [-0.3, -0.25) is 9.59 Å². The molecule has 7 heteroatoms. The number of rotatable bonds is 9. The lowest BCUT2D eigenvalue weighted by molar-refractivity contribution is -0.143. The molecule has 1 N–H and O–H groups in total. The summed E-state index contributed by atoms with van der Waals surface area (Å²) in [6.07, 6.45) is 0.320. The van der Waals surface area contributed by atoms with Crippen LogP contribution in [-0.4, -0.2) is 34.9 Å². The second-order valence-corrected chi connectivity index (χ2v) is 10.5. The van der Waals surface area contributed by atoms with Crippen molar-refractivity contribution in [2.45, 2.75) is 52.2 Å². The van der Waals surface area contributed by atoms with E-state index in [1.54, 1.807) is 18.2 Å². The zero-order valence-electron chi connectivity index (χ0n) is 21.1. The summed E-state index contributed by atoms with van der Waals surface area (Å²) >= 11 is 12.9. The number of nitrogens with zero attached hydrogens (tertiary/aromatic N) is 1. The molecule has 2 amide bonds. The number of aryl methyl sites for hydroxylation is 1. The topological polar surface area (TPSA) is 58.6 Å². The van der Waals surface area contributed by atoms with Gasteiger partial charge in [-0.1, -0.05) is 77.8 Å². The summed E-state index contributed by atoms with van der Waals surface area (Å²) in [5.41, 5.74) is 1.93. The van der Waals surface area contributed by atoms with Gasteiger partial charge in [-0.25, -0.2) is 0 Å². The molecule has 1 atom stereocenters. The van der Waals surface area contributed by atoms with Gasteiger partial charge in [-0.2, -0.15) is 0 Å². The van der Waals surface area contributed by atoms with E-state index in [0.29, 0.717) is 27.8 Å². The lowest BCUT2D eigenvalue weighted by Crippen LogP contribution is -2.55. The lowest BCUT2D eigenvalue weighted by atomic mass is 10.0. The van der Waals surface area contributed by atoms with E-state index in [4.69, 9.17) is 27.9 Å². The zero-order chi connectivity index (χ0) is 26.3. The average molecular weight is 527 g/mol. The number of amides is 2. The van der Waals surface area contributed by atoms with Crippen LogP contribution in [0.5, 0.6) is 5.75 Å². The molecule has 0 saturated carbocycles. The van der Waals surface area contributed by atoms with Gasteiger partial charge in [0.25, 0.3) is 5.91 Å². The highest BCUT2D eigenvalue weighted by Gasteiger charge is 2.33. The number of hydrogen-bond acceptors (Lipinski definition) is 3. The number of benzene rings is 3. The van der Waals surface area contributed by atoms with Crippen LogP contribution in [0.15, 0.2) is 72.8 Å². The van der Waals surface area contributed by atoms with Crippen molar-refractivity contribution in [2.24, 2.45) is 0 Å². The number of carbonyl (C=O) groups is 2. The van der Waals surface area contributed by atoms with Crippen molar-refractivity contribution in [1.29, 1.82) is 0 Å². The van der Waals surface area contributed by atoms with E-state index in [2.05, 4.69) is 5.32 Å². The maximum Gasteiger partial charge on any atom is 0.261 e. The largest absolute Gasteiger partial charge is 0.484 e. The SMILES string of the molecule is Cc1ccccc1OCC(=O)N(Cc1c(Cl)cccc1Cl)C(Cc1ccccc1)C(=O)NC(C)(C)C. The van der Waals surface area contributed by atoms with Crippen molar-refractivity contribution in [3.8, 4) is 5.75 Å². The molecule has 0 radical (unpaired) electrons. The molecule has 3 aromatic carbocycles. The Morgan fingerprint density at radius 1 is 0.917 bits per heavy atom. The molecule has 36 heavy (non-hydrogen) atoms. The number of carbonyl (C=O) groups excluding carboxylic acids is 2. The Bertz CT molecular complexity index is 1170. The Hall–Kier alpha value is -3.02. The second kappa shape index (κ2) is 12.3. The van der Waals surface area contributed by atoms with E-state index in [9.17, 15) is 9.59 Å². The third-order valence-electron chi connectivity index (χ3n) is 5.60. The van der Waals surface area contributed by atoms with E-state index in [0.717, 1.165) is 11.1 Å². The molecular weight excluding hydrogens is 495 g/mol. The maximum absolute atomic E-state index is 13.7. The van der Waals surface area contributed by atoms with Crippen LogP contribution in [-0.2, 0) is 22.6 Å². The molecular formula is C29H32Cl2N2O3. The number of nitrogens with one attached hydrogen (secondary N) is 1. The fourth-order valence-electron chi connectivity index (χ4n) is 3.80. The van der Waals surface area contributed by atoms with E-state index in [-0.39, 0.29) is 25.0 Å². The second-order valence-electron chi connectivity index (χ2n) is 9.72. The van der Waals surface area contributed by atoms with Crippen LogP contribution in [0.3, 0.4) is 0 Å². The minimum Gasteiger partial charge on any atom is -0.484 e. The first-order valence-corrected chi connectivity index (χ1v) is 12.6. The molecule has 0 bridgehead atoms. The molecule has 5 nitrogen and oxygen atoms in total. The van der Waals surface area contributed by atoms with Gasteiger partial charge in [0.15, 0.2) is 6.61 Å². The predicted molar refractivity (Wildman–Crippen MR) is 146 cm³/mol. The highest BCUT2D eigenvalue weighted by atomic mass is 35.5. The molecule has 1 unspecified atom stereocenters. The van der Waals surface area contributed by atoms with Gasteiger partial charge in [0, 0.05) is 34.1 Å². The summed E-state index contributed by atoms with van der Waals surface area (Å²) in [6.45, 7) is 7.45. The van der Waals surface area contributed by atoms with Crippen molar-refractivity contribution in [3.05, 3.63) is 99.5 Å². The van der Waals surface area contributed by atoms with Gasteiger partial charge >= 0.3 is 0 Å². The molecule has 3 aromatic rings. The van der Waals surface area contributed by atoms with Crippen LogP contribution in [0, 0.1) is 6.92 Å². The van der Waals surface area contributed by atoms with E-state index in [1.807, 2.05) is 82.3 Å². The lowest BCUT2D eigenvalue weighted by Gasteiger charge is -2.34. The first-order valence-electron chi connectivity index (χ1n) is 11.8. The Labute approximate surface area is 223 Å². The Kier molecular flexibility index (Phi) is 9.41. The van der Waals surface area contributed by atoms with Crippen LogP contribution in [0.25, 0.3) is 0 Å². The molecule has 0 fully saturated rings. The number of para-hydroxylation sites is 1. The van der Waals surface area contributed by atoms with Crippen molar-refractivity contribution in [1.82, 2.24) is 10.2 Å². The smallest absolute Gasteiger partial charge is 0.261 e. The first-order chi connectivity index (χ1) is 17.0. The highest BCUT2D eigenvalue weighted by Crippen LogP contribution is 2.27. The fourth-order valence-corrected chi connectivity index (χ4v) is 4.32. The fraction of sp³-hybridized carbons (Fsp3) is 0.310. The zero-order valence-corrected chi connectivity index (χ0v) is 22.6. The van der Waals surface area contributed by atoms with Crippen molar-refractivity contribution in [2.75, 3.05) is 6.61 Å². The molecule has 190 valence electrons. The highest BCUT2D eigenvalue weighted by molar-refractivity contribution is 6.36. The number of hydrogen-bond donors (Lipinski definition) is 1. The van der Waals surface area contributed by atoms with Gasteiger partial charge < -0.3 is 15.0 Å². The van der Waals surface area contributed by atoms with Crippen LogP contribution < -0.4 is 10.1 Å².